The lowest BCUT2D eigenvalue weighted by atomic mass is 10.1. The largest absolute Gasteiger partial charge is 0.329 e. The van der Waals surface area contributed by atoms with E-state index in [0.717, 1.165) is 39.3 Å². The van der Waals surface area contributed by atoms with E-state index in [4.69, 9.17) is 5.73 Å². The van der Waals surface area contributed by atoms with E-state index in [1.165, 1.54) is 70.8 Å². The van der Waals surface area contributed by atoms with Crippen LogP contribution in [0.3, 0.4) is 0 Å². The summed E-state index contributed by atoms with van der Waals surface area (Å²) in [6, 6.07) is 0. The van der Waals surface area contributed by atoms with Gasteiger partial charge in [-0.2, -0.15) is 0 Å². The summed E-state index contributed by atoms with van der Waals surface area (Å²) in [5.74, 6) is 0. The molecule has 4 nitrogen and oxygen atoms in total. The molecule has 0 saturated carbocycles. The van der Waals surface area contributed by atoms with Gasteiger partial charge >= 0.3 is 0 Å². The quantitative estimate of drug-likeness (QED) is 0.354. The maximum absolute atomic E-state index is 5.70. The topological polar surface area (TPSA) is 44.5 Å². The van der Waals surface area contributed by atoms with E-state index in [1.54, 1.807) is 0 Å². The monoisotopic (exact) mass is 342 g/mol. The van der Waals surface area contributed by atoms with Crippen molar-refractivity contribution in [3.63, 3.8) is 0 Å². The molecule has 0 aliphatic heterocycles. The molecule has 0 aliphatic carbocycles. The normalized spacial score (nSPS) is 11.8. The van der Waals surface area contributed by atoms with Crippen LogP contribution in [0.4, 0.5) is 0 Å². The Bertz CT molecular complexity index is 236. The summed E-state index contributed by atoms with van der Waals surface area (Å²) in [5.41, 5.74) is 5.70. The minimum absolute atomic E-state index is 0.756. The maximum atomic E-state index is 5.70. The fraction of sp³-hybridized carbons (Fsp3) is 1.00. The van der Waals surface area contributed by atoms with Crippen LogP contribution < -0.4 is 11.1 Å². The first kappa shape index (κ1) is 23.8. The molecule has 3 N–H and O–H groups in total. The molecule has 4 heteroatoms. The van der Waals surface area contributed by atoms with Crippen LogP contribution in [-0.4, -0.2) is 69.7 Å². The van der Waals surface area contributed by atoms with Gasteiger partial charge in [0.05, 0.1) is 0 Å². The van der Waals surface area contributed by atoms with Crippen molar-refractivity contribution in [1.29, 1.82) is 0 Å². The van der Waals surface area contributed by atoms with Crippen molar-refractivity contribution < 1.29 is 0 Å². The predicted octanol–water partition coefficient (Wildman–Crippen LogP) is 3.32. The highest BCUT2D eigenvalue weighted by molar-refractivity contribution is 4.63. The molecule has 0 atom stereocenters. The van der Waals surface area contributed by atoms with Gasteiger partial charge in [-0.05, 0) is 27.1 Å². The molecule has 0 rings (SSSR count). The Hall–Kier alpha value is -0.160. The lowest BCUT2D eigenvalue weighted by Crippen LogP contribution is -2.39. The van der Waals surface area contributed by atoms with Crippen molar-refractivity contribution in [3.05, 3.63) is 0 Å². The molecule has 0 fully saturated rings. The van der Waals surface area contributed by atoms with E-state index >= 15 is 0 Å². The summed E-state index contributed by atoms with van der Waals surface area (Å²) in [4.78, 5) is 4.94. The first-order valence-electron chi connectivity index (χ1n) is 10.5. The summed E-state index contributed by atoms with van der Waals surface area (Å²) in [6.07, 6.45) is 14.2. The van der Waals surface area contributed by atoms with Gasteiger partial charge in [0, 0.05) is 39.3 Å². The van der Waals surface area contributed by atoms with Crippen LogP contribution >= 0.6 is 0 Å². The Morgan fingerprint density at radius 3 is 1.83 bits per heavy atom. The Morgan fingerprint density at radius 1 is 0.708 bits per heavy atom. The molecule has 0 saturated heterocycles. The third kappa shape index (κ3) is 16.7. The van der Waals surface area contributed by atoms with E-state index in [1.807, 2.05) is 7.05 Å². The third-order valence-corrected chi connectivity index (χ3v) is 4.81. The molecule has 0 amide bonds. The van der Waals surface area contributed by atoms with Crippen LogP contribution in [0, 0.1) is 0 Å². The second kappa shape index (κ2) is 19.2. The fourth-order valence-corrected chi connectivity index (χ4v) is 3.08. The van der Waals surface area contributed by atoms with Crippen LogP contribution in [0.15, 0.2) is 0 Å². The van der Waals surface area contributed by atoms with Gasteiger partial charge in [-0.1, -0.05) is 64.7 Å². The molecule has 0 aliphatic rings. The van der Waals surface area contributed by atoms with Crippen molar-refractivity contribution in [2.24, 2.45) is 5.73 Å². The van der Waals surface area contributed by atoms with Crippen molar-refractivity contribution in [2.75, 3.05) is 59.9 Å². The first-order chi connectivity index (χ1) is 11.7. The Labute approximate surface area is 152 Å². The number of unbranched alkanes of at least 4 members (excludes halogenated alkanes) is 9. The highest BCUT2D eigenvalue weighted by Gasteiger charge is 2.05. The molecule has 0 unspecified atom stereocenters. The van der Waals surface area contributed by atoms with Crippen LogP contribution in [0.2, 0.25) is 0 Å². The molecule has 146 valence electrons. The zero-order valence-electron chi connectivity index (χ0n) is 17.0. The number of nitrogens with two attached hydrogens (primary N) is 1. The Kier molecular flexibility index (Phi) is 19.0. The van der Waals surface area contributed by atoms with Crippen molar-refractivity contribution in [3.8, 4) is 0 Å². The Balaban J connectivity index is 3.43. The van der Waals surface area contributed by atoms with Crippen molar-refractivity contribution >= 4 is 0 Å². The molecule has 0 bridgehead atoms. The zero-order valence-corrected chi connectivity index (χ0v) is 17.0. The first-order valence-corrected chi connectivity index (χ1v) is 10.5. The zero-order chi connectivity index (χ0) is 17.9. The van der Waals surface area contributed by atoms with Gasteiger partial charge in [-0.3, -0.25) is 4.90 Å². The van der Waals surface area contributed by atoms with Gasteiger partial charge in [0.25, 0.3) is 0 Å². The Morgan fingerprint density at radius 2 is 1.29 bits per heavy atom. The predicted molar refractivity (Wildman–Crippen MR) is 109 cm³/mol. The summed E-state index contributed by atoms with van der Waals surface area (Å²) < 4.78 is 0. The van der Waals surface area contributed by atoms with Crippen LogP contribution in [-0.2, 0) is 0 Å². The van der Waals surface area contributed by atoms with Crippen molar-refractivity contribution in [1.82, 2.24) is 15.1 Å². The molecule has 0 aromatic carbocycles. The van der Waals surface area contributed by atoms with E-state index in [2.05, 4.69) is 29.1 Å². The number of hydrogen-bond donors (Lipinski definition) is 2. The van der Waals surface area contributed by atoms with Gasteiger partial charge in [-0.15, -0.1) is 0 Å². The molecule has 0 radical (unpaired) electrons. The highest BCUT2D eigenvalue weighted by Crippen LogP contribution is 2.10. The minimum Gasteiger partial charge on any atom is -0.329 e. The number of nitrogens with one attached hydrogen (secondary N) is 1. The second-order valence-corrected chi connectivity index (χ2v) is 7.22. The number of likely N-dealkylation sites (N-methyl/N-ethyl adjacent to an activating group) is 2. The van der Waals surface area contributed by atoms with E-state index in [9.17, 15) is 0 Å². The van der Waals surface area contributed by atoms with Gasteiger partial charge in [0.15, 0.2) is 0 Å². The lowest BCUT2D eigenvalue weighted by molar-refractivity contribution is 0.228. The fourth-order valence-electron chi connectivity index (χ4n) is 3.08. The van der Waals surface area contributed by atoms with Gasteiger partial charge in [-0.25, -0.2) is 0 Å². The van der Waals surface area contributed by atoms with Gasteiger partial charge in [0.2, 0.25) is 0 Å². The van der Waals surface area contributed by atoms with Crippen LogP contribution in [0.25, 0.3) is 0 Å². The molecular weight excluding hydrogens is 296 g/mol. The van der Waals surface area contributed by atoms with Crippen LogP contribution in [0.1, 0.15) is 71.1 Å². The summed E-state index contributed by atoms with van der Waals surface area (Å²) >= 11 is 0. The molecule has 0 aromatic rings. The minimum atomic E-state index is 0.756. The smallest absolute Gasteiger partial charge is 0.0110 e. The maximum Gasteiger partial charge on any atom is 0.0110 e. The second-order valence-electron chi connectivity index (χ2n) is 7.22. The van der Waals surface area contributed by atoms with E-state index in [0.29, 0.717) is 0 Å². The van der Waals surface area contributed by atoms with Crippen LogP contribution in [0.5, 0.6) is 0 Å². The molecule has 24 heavy (non-hydrogen) atoms. The van der Waals surface area contributed by atoms with Gasteiger partial charge < -0.3 is 16.0 Å². The van der Waals surface area contributed by atoms with E-state index in [-0.39, 0.29) is 0 Å². The summed E-state index contributed by atoms with van der Waals surface area (Å²) in [6.45, 7) is 9.71. The summed E-state index contributed by atoms with van der Waals surface area (Å²) in [7, 11) is 4.27. The van der Waals surface area contributed by atoms with Crippen molar-refractivity contribution in [2.45, 2.75) is 71.1 Å². The SMILES string of the molecule is CCCCCCCCCCCCN(C)CCN(CCN)CCNC. The molecular formula is C20H46N4. The van der Waals surface area contributed by atoms with E-state index < -0.39 is 0 Å². The highest BCUT2D eigenvalue weighted by atomic mass is 15.2. The summed E-state index contributed by atoms with van der Waals surface area (Å²) in [5, 5.41) is 3.22. The average molecular weight is 343 g/mol. The number of rotatable bonds is 19. The standard InChI is InChI=1S/C20H46N4/c1-4-5-6-7-8-9-10-11-12-13-16-23(3)19-20-24(17-14-21)18-15-22-2/h22H,4-21H2,1-3H3. The lowest BCUT2D eigenvalue weighted by Gasteiger charge is -2.25. The number of hydrogen-bond acceptors (Lipinski definition) is 4. The van der Waals surface area contributed by atoms with Gasteiger partial charge in [0.1, 0.15) is 0 Å². The average Bonchev–Trinajstić information content (AvgIpc) is 2.59. The molecule has 0 spiro atoms. The number of nitrogens with zero attached hydrogens (tertiary/aromatic N) is 2. The molecule has 0 aromatic heterocycles. The molecule has 0 heterocycles. The third-order valence-electron chi connectivity index (χ3n) is 4.81.